The molecular formula is C8H11F6NO2. The predicted octanol–water partition coefficient (Wildman–Crippen LogP) is 1.57. The first-order valence-corrected chi connectivity index (χ1v) is 4.43. The third kappa shape index (κ3) is 4.80. The Hall–Kier alpha value is -0.990. The van der Waals surface area contributed by atoms with Gasteiger partial charge in [-0.1, -0.05) is 0 Å². The van der Waals surface area contributed by atoms with Crippen LogP contribution in [-0.4, -0.2) is 48.0 Å². The lowest BCUT2D eigenvalue weighted by Gasteiger charge is -2.27. The number of aliphatic hydroxyl groups excluding tert-OH is 1. The van der Waals surface area contributed by atoms with Crippen LogP contribution in [0.25, 0.3) is 0 Å². The molecule has 0 aliphatic heterocycles. The van der Waals surface area contributed by atoms with Crippen molar-refractivity contribution < 1.29 is 36.2 Å². The number of alkyl halides is 6. The van der Waals surface area contributed by atoms with Crippen LogP contribution in [0.15, 0.2) is 0 Å². The number of amides is 1. The lowest BCUT2D eigenvalue weighted by atomic mass is 10.1. The zero-order valence-electron chi connectivity index (χ0n) is 8.93. The summed E-state index contributed by atoms with van der Waals surface area (Å²) in [5.41, 5.74) is 0. The van der Waals surface area contributed by atoms with Gasteiger partial charge in [-0.15, -0.1) is 0 Å². The van der Waals surface area contributed by atoms with Crippen LogP contribution in [0.5, 0.6) is 0 Å². The van der Waals surface area contributed by atoms with E-state index in [0.29, 0.717) is 0 Å². The van der Waals surface area contributed by atoms with Crippen molar-refractivity contribution in [2.45, 2.75) is 25.4 Å². The normalized spacial score (nSPS) is 14.9. The maximum Gasteiger partial charge on any atom is 0.409 e. The molecule has 17 heavy (non-hydrogen) atoms. The largest absolute Gasteiger partial charge is 0.409 e. The van der Waals surface area contributed by atoms with Gasteiger partial charge in [0.2, 0.25) is 11.8 Å². The van der Waals surface area contributed by atoms with E-state index in [0.717, 1.165) is 14.0 Å². The fraction of sp³-hybridized carbons (Fsp3) is 0.875. The number of aliphatic hydroxyl groups is 1. The average molecular weight is 267 g/mol. The summed E-state index contributed by atoms with van der Waals surface area (Å²) in [6.45, 7) is 0.529. The molecule has 1 unspecified atom stereocenters. The molecule has 102 valence electrons. The zero-order valence-corrected chi connectivity index (χ0v) is 8.93. The minimum absolute atomic E-state index is 0.205. The fourth-order valence-corrected chi connectivity index (χ4v) is 1.17. The second-order valence-electron chi connectivity index (χ2n) is 3.58. The van der Waals surface area contributed by atoms with Gasteiger partial charge in [0.15, 0.2) is 0 Å². The Kier molecular flexibility index (Phi) is 4.81. The van der Waals surface area contributed by atoms with Gasteiger partial charge in [0.25, 0.3) is 0 Å². The smallest absolute Gasteiger partial charge is 0.392 e. The van der Waals surface area contributed by atoms with E-state index in [4.69, 9.17) is 5.11 Å². The first-order chi connectivity index (χ1) is 7.37. The van der Waals surface area contributed by atoms with Crippen LogP contribution in [0.3, 0.4) is 0 Å². The van der Waals surface area contributed by atoms with E-state index in [1.165, 1.54) is 0 Å². The molecule has 0 heterocycles. The quantitative estimate of drug-likeness (QED) is 0.788. The van der Waals surface area contributed by atoms with Crippen LogP contribution in [0.1, 0.15) is 6.92 Å². The predicted molar refractivity (Wildman–Crippen MR) is 44.9 cm³/mol. The van der Waals surface area contributed by atoms with Crippen molar-refractivity contribution >= 4 is 5.91 Å². The standard InChI is InChI=1S/C8H11F6NO2/c1-4(16)3-15(2)6(17)5(7(9,10)11)8(12,13)14/h4-5,16H,3H2,1-2H3. The van der Waals surface area contributed by atoms with E-state index in [1.54, 1.807) is 0 Å². The van der Waals surface area contributed by atoms with Crippen molar-refractivity contribution in [2.75, 3.05) is 13.6 Å². The molecule has 0 bridgehead atoms. The van der Waals surface area contributed by atoms with Crippen molar-refractivity contribution in [1.82, 2.24) is 4.90 Å². The van der Waals surface area contributed by atoms with Crippen LogP contribution in [0, 0.1) is 5.92 Å². The summed E-state index contributed by atoms with van der Waals surface area (Å²) in [7, 11) is 0.763. The Bertz CT molecular complexity index is 258. The molecule has 0 fully saturated rings. The Morgan fingerprint density at radius 1 is 1.18 bits per heavy atom. The maximum atomic E-state index is 12.1. The SMILES string of the molecule is CC(O)CN(C)C(=O)C(C(F)(F)F)C(F)(F)F. The number of carbonyl (C=O) groups excluding carboxylic acids is 1. The van der Waals surface area contributed by atoms with Crippen molar-refractivity contribution in [2.24, 2.45) is 5.92 Å². The molecule has 0 rings (SSSR count). The fourth-order valence-electron chi connectivity index (χ4n) is 1.17. The molecule has 9 heteroatoms. The van der Waals surface area contributed by atoms with Gasteiger partial charge < -0.3 is 10.0 Å². The number of rotatable bonds is 3. The van der Waals surface area contributed by atoms with Gasteiger partial charge >= 0.3 is 12.4 Å². The van der Waals surface area contributed by atoms with E-state index in [2.05, 4.69) is 0 Å². The molecule has 0 saturated carbocycles. The minimum atomic E-state index is -5.71. The van der Waals surface area contributed by atoms with Gasteiger partial charge in [-0.3, -0.25) is 4.79 Å². The van der Waals surface area contributed by atoms with Gasteiger partial charge in [-0.05, 0) is 6.92 Å². The highest BCUT2D eigenvalue weighted by atomic mass is 19.4. The second-order valence-corrected chi connectivity index (χ2v) is 3.58. The summed E-state index contributed by atoms with van der Waals surface area (Å²) in [6.07, 6.45) is -12.6. The van der Waals surface area contributed by atoms with Gasteiger partial charge in [-0.2, -0.15) is 26.3 Å². The zero-order chi connectivity index (χ0) is 14.0. The molecule has 0 aromatic heterocycles. The molecule has 3 nitrogen and oxygen atoms in total. The molecular weight excluding hydrogens is 256 g/mol. The van der Waals surface area contributed by atoms with E-state index >= 15 is 0 Å². The van der Waals surface area contributed by atoms with Crippen molar-refractivity contribution in [3.63, 3.8) is 0 Å². The first kappa shape index (κ1) is 16.0. The number of hydrogen-bond donors (Lipinski definition) is 1. The summed E-state index contributed by atoms with van der Waals surface area (Å²) in [5.74, 6) is -6.19. The molecule has 1 atom stereocenters. The second kappa shape index (κ2) is 5.11. The molecule has 0 radical (unpaired) electrons. The molecule has 0 aromatic carbocycles. The van der Waals surface area contributed by atoms with Gasteiger partial charge in [-0.25, -0.2) is 0 Å². The molecule has 1 amide bonds. The third-order valence-corrected chi connectivity index (χ3v) is 1.82. The number of hydrogen-bond acceptors (Lipinski definition) is 2. The van der Waals surface area contributed by atoms with Gasteiger partial charge in [0.05, 0.1) is 6.10 Å². The Morgan fingerprint density at radius 2 is 1.53 bits per heavy atom. The van der Waals surface area contributed by atoms with E-state index in [-0.39, 0.29) is 4.90 Å². The van der Waals surface area contributed by atoms with Crippen LogP contribution < -0.4 is 0 Å². The maximum absolute atomic E-state index is 12.1. The molecule has 0 spiro atoms. The molecule has 0 aromatic rings. The highest BCUT2D eigenvalue weighted by molar-refractivity contribution is 5.80. The third-order valence-electron chi connectivity index (χ3n) is 1.82. The van der Waals surface area contributed by atoms with E-state index in [9.17, 15) is 31.1 Å². The first-order valence-electron chi connectivity index (χ1n) is 4.43. The monoisotopic (exact) mass is 267 g/mol. The number of halogens is 6. The lowest BCUT2D eigenvalue weighted by Crippen LogP contribution is -2.49. The highest BCUT2D eigenvalue weighted by Gasteiger charge is 2.61. The van der Waals surface area contributed by atoms with Gasteiger partial charge in [0.1, 0.15) is 0 Å². The summed E-state index contributed by atoms with van der Waals surface area (Å²) in [6, 6.07) is 0. The highest BCUT2D eigenvalue weighted by Crippen LogP contribution is 2.40. The summed E-state index contributed by atoms with van der Waals surface area (Å²) in [5, 5.41) is 8.80. The summed E-state index contributed by atoms with van der Waals surface area (Å²) >= 11 is 0. The van der Waals surface area contributed by atoms with Crippen molar-refractivity contribution in [3.05, 3.63) is 0 Å². The van der Waals surface area contributed by atoms with Crippen LogP contribution >= 0.6 is 0 Å². The number of likely N-dealkylation sites (N-methyl/N-ethyl adjacent to an activating group) is 1. The number of nitrogens with zero attached hydrogens (tertiary/aromatic N) is 1. The number of carbonyl (C=O) groups is 1. The lowest BCUT2D eigenvalue weighted by molar-refractivity contribution is -0.277. The van der Waals surface area contributed by atoms with Crippen LogP contribution in [0.2, 0.25) is 0 Å². The van der Waals surface area contributed by atoms with Gasteiger partial charge in [0, 0.05) is 13.6 Å². The molecule has 1 N–H and O–H groups in total. The minimum Gasteiger partial charge on any atom is -0.392 e. The molecule has 0 aliphatic carbocycles. The van der Waals surface area contributed by atoms with E-state index < -0.39 is 36.8 Å². The molecule has 0 saturated heterocycles. The van der Waals surface area contributed by atoms with Crippen molar-refractivity contribution in [1.29, 1.82) is 0 Å². The summed E-state index contributed by atoms with van der Waals surface area (Å²) in [4.78, 5) is 11.3. The van der Waals surface area contributed by atoms with Crippen LogP contribution in [-0.2, 0) is 4.79 Å². The van der Waals surface area contributed by atoms with Crippen LogP contribution in [0.4, 0.5) is 26.3 Å². The Labute approximate surface area is 93.0 Å². The topological polar surface area (TPSA) is 40.5 Å². The average Bonchev–Trinajstić information content (AvgIpc) is 1.96. The Morgan fingerprint density at radius 3 is 1.76 bits per heavy atom. The molecule has 0 aliphatic rings. The van der Waals surface area contributed by atoms with Crippen molar-refractivity contribution in [3.8, 4) is 0 Å². The Balaban J connectivity index is 5.03. The summed E-state index contributed by atoms with van der Waals surface area (Å²) < 4.78 is 72.8. The van der Waals surface area contributed by atoms with E-state index in [1.807, 2.05) is 0 Å².